The van der Waals surface area contributed by atoms with Crippen molar-refractivity contribution in [2.24, 2.45) is 11.3 Å². The summed E-state index contributed by atoms with van der Waals surface area (Å²) in [6.45, 7) is 6.73. The number of amides is 1. The van der Waals surface area contributed by atoms with E-state index in [1.54, 1.807) is 0 Å². The first-order chi connectivity index (χ1) is 14.3. The maximum Gasteiger partial charge on any atom is 0.410 e. The normalized spacial score (nSPS) is 21.1. The van der Waals surface area contributed by atoms with Gasteiger partial charge in [-0.2, -0.15) is 0 Å². The van der Waals surface area contributed by atoms with E-state index in [9.17, 15) is 14.7 Å². The first-order valence-electron chi connectivity index (χ1n) is 10.6. The Kier molecular flexibility index (Phi) is 5.31. The zero-order chi connectivity index (χ0) is 21.5. The van der Waals surface area contributed by atoms with Gasteiger partial charge in [-0.1, -0.05) is 69.3 Å². The molecule has 1 aliphatic heterocycles. The van der Waals surface area contributed by atoms with Crippen molar-refractivity contribution in [3.05, 3.63) is 59.7 Å². The molecule has 1 aliphatic carbocycles. The average Bonchev–Trinajstić information content (AvgIpc) is 3.04. The lowest BCUT2D eigenvalue weighted by Gasteiger charge is -2.44. The number of aliphatic carboxylic acids is 1. The van der Waals surface area contributed by atoms with Gasteiger partial charge in [0.15, 0.2) is 0 Å². The number of piperidine rings is 1. The molecular formula is C25H29NO4. The van der Waals surface area contributed by atoms with E-state index < -0.39 is 18.1 Å². The van der Waals surface area contributed by atoms with E-state index in [0.29, 0.717) is 6.54 Å². The summed E-state index contributed by atoms with van der Waals surface area (Å²) < 4.78 is 5.74. The van der Waals surface area contributed by atoms with Crippen molar-refractivity contribution in [2.45, 2.75) is 45.6 Å². The lowest BCUT2D eigenvalue weighted by molar-refractivity contribution is -0.148. The molecule has 0 aromatic heterocycles. The maximum absolute atomic E-state index is 13.0. The highest BCUT2D eigenvalue weighted by atomic mass is 16.6. The van der Waals surface area contributed by atoms with Crippen molar-refractivity contribution in [3.63, 3.8) is 0 Å². The summed E-state index contributed by atoms with van der Waals surface area (Å²) in [4.78, 5) is 26.5. The minimum atomic E-state index is -0.955. The van der Waals surface area contributed by atoms with Crippen molar-refractivity contribution >= 4 is 12.1 Å². The number of ether oxygens (including phenoxy) is 1. The van der Waals surface area contributed by atoms with Crippen LogP contribution >= 0.6 is 0 Å². The third kappa shape index (κ3) is 3.57. The molecule has 4 rings (SSSR count). The second kappa shape index (κ2) is 7.78. The molecular weight excluding hydrogens is 378 g/mol. The van der Waals surface area contributed by atoms with Gasteiger partial charge in [-0.05, 0) is 46.4 Å². The number of benzene rings is 2. The average molecular weight is 408 g/mol. The van der Waals surface area contributed by atoms with Crippen molar-refractivity contribution < 1.29 is 19.4 Å². The van der Waals surface area contributed by atoms with Crippen LogP contribution in [0, 0.1) is 11.3 Å². The Morgan fingerprint density at radius 2 is 1.60 bits per heavy atom. The number of carboxylic acids is 1. The molecule has 5 nitrogen and oxygen atoms in total. The summed E-state index contributed by atoms with van der Waals surface area (Å²) in [5.74, 6) is -1.10. The van der Waals surface area contributed by atoms with Crippen LogP contribution in [0.2, 0.25) is 0 Å². The molecule has 1 saturated heterocycles. The quantitative estimate of drug-likeness (QED) is 0.764. The number of rotatable bonds is 3. The first-order valence-corrected chi connectivity index (χ1v) is 10.6. The van der Waals surface area contributed by atoms with Crippen molar-refractivity contribution in [1.82, 2.24) is 4.90 Å². The van der Waals surface area contributed by atoms with Gasteiger partial charge in [-0.3, -0.25) is 4.90 Å². The fourth-order valence-electron chi connectivity index (χ4n) is 5.09. The van der Waals surface area contributed by atoms with Gasteiger partial charge in [-0.15, -0.1) is 0 Å². The van der Waals surface area contributed by atoms with Crippen LogP contribution in [0.1, 0.15) is 50.7 Å². The molecule has 1 N–H and O–H groups in total. The Morgan fingerprint density at radius 3 is 2.13 bits per heavy atom. The predicted octanol–water partition coefficient (Wildman–Crippen LogP) is 5.15. The number of carboxylic acid groups (broad SMARTS) is 1. The van der Waals surface area contributed by atoms with Gasteiger partial charge in [0.25, 0.3) is 0 Å². The van der Waals surface area contributed by atoms with Gasteiger partial charge >= 0.3 is 12.1 Å². The van der Waals surface area contributed by atoms with Crippen LogP contribution in [0.5, 0.6) is 0 Å². The molecule has 0 saturated carbocycles. The topological polar surface area (TPSA) is 66.8 Å². The molecule has 0 spiro atoms. The first kappa shape index (κ1) is 20.5. The molecule has 2 aliphatic rings. The van der Waals surface area contributed by atoms with E-state index in [1.165, 1.54) is 16.0 Å². The minimum absolute atomic E-state index is 0.0344. The summed E-state index contributed by atoms with van der Waals surface area (Å²) in [7, 11) is 0. The van der Waals surface area contributed by atoms with E-state index >= 15 is 0 Å². The third-order valence-electron chi connectivity index (χ3n) is 6.57. The van der Waals surface area contributed by atoms with Crippen molar-refractivity contribution in [3.8, 4) is 11.1 Å². The number of nitrogens with zero attached hydrogens (tertiary/aromatic N) is 1. The molecule has 2 atom stereocenters. The Hall–Kier alpha value is -2.82. The van der Waals surface area contributed by atoms with Gasteiger partial charge in [-0.25, -0.2) is 9.59 Å². The van der Waals surface area contributed by atoms with Crippen LogP contribution in [0.25, 0.3) is 11.1 Å². The highest BCUT2D eigenvalue weighted by Crippen LogP contribution is 2.45. The van der Waals surface area contributed by atoms with E-state index in [2.05, 4.69) is 24.3 Å². The van der Waals surface area contributed by atoms with Crippen LogP contribution in [-0.2, 0) is 9.53 Å². The van der Waals surface area contributed by atoms with Gasteiger partial charge in [0.1, 0.15) is 12.6 Å². The molecule has 0 unspecified atom stereocenters. The van der Waals surface area contributed by atoms with E-state index in [0.717, 1.165) is 24.0 Å². The van der Waals surface area contributed by atoms with Crippen LogP contribution in [0.15, 0.2) is 48.5 Å². The lowest BCUT2D eigenvalue weighted by Crippen LogP contribution is -2.55. The molecule has 0 radical (unpaired) electrons. The zero-order valence-corrected chi connectivity index (χ0v) is 17.8. The SMILES string of the molecule is CC(C)(C)[C@H]1CCCN(C(=O)OCC2c3ccccc3-c3ccccc32)[C@H]1C(=O)O. The number of hydrogen-bond donors (Lipinski definition) is 1. The number of carbonyl (C=O) groups excluding carboxylic acids is 1. The van der Waals surface area contributed by atoms with Crippen LogP contribution < -0.4 is 0 Å². The van der Waals surface area contributed by atoms with Crippen LogP contribution in [0.3, 0.4) is 0 Å². The fourth-order valence-corrected chi connectivity index (χ4v) is 5.09. The molecule has 30 heavy (non-hydrogen) atoms. The largest absolute Gasteiger partial charge is 0.480 e. The Morgan fingerprint density at radius 1 is 1.03 bits per heavy atom. The monoisotopic (exact) mass is 407 g/mol. The maximum atomic E-state index is 13.0. The molecule has 1 heterocycles. The summed E-state index contributed by atoms with van der Waals surface area (Å²) >= 11 is 0. The number of carbonyl (C=O) groups is 2. The van der Waals surface area contributed by atoms with Crippen molar-refractivity contribution in [1.29, 1.82) is 0 Å². The van der Waals surface area contributed by atoms with E-state index in [4.69, 9.17) is 4.74 Å². The van der Waals surface area contributed by atoms with Gasteiger partial charge in [0.2, 0.25) is 0 Å². The predicted molar refractivity (Wildman–Crippen MR) is 115 cm³/mol. The molecule has 0 bridgehead atoms. The number of fused-ring (bicyclic) bond motifs is 3. The van der Waals surface area contributed by atoms with Crippen LogP contribution in [0.4, 0.5) is 4.79 Å². The summed E-state index contributed by atoms with van der Waals surface area (Å²) in [6.07, 6.45) is 1.06. The van der Waals surface area contributed by atoms with E-state index in [-0.39, 0.29) is 23.9 Å². The third-order valence-corrected chi connectivity index (χ3v) is 6.57. The zero-order valence-electron chi connectivity index (χ0n) is 17.8. The minimum Gasteiger partial charge on any atom is -0.480 e. The second-order valence-corrected chi connectivity index (χ2v) is 9.40. The van der Waals surface area contributed by atoms with Crippen LogP contribution in [-0.4, -0.2) is 41.3 Å². The molecule has 2 aromatic rings. The highest BCUT2D eigenvalue weighted by Gasteiger charge is 2.45. The summed E-state index contributed by atoms with van der Waals surface area (Å²) in [5.41, 5.74) is 4.43. The standard InChI is InChI=1S/C25H29NO4/c1-25(2,3)21-13-8-14-26(22(21)23(27)28)24(29)30-15-20-18-11-6-4-9-16(18)17-10-5-7-12-19(17)20/h4-7,9-12,20-22H,8,13-15H2,1-3H3,(H,27,28)/t21-,22+/m0/s1. The van der Waals surface area contributed by atoms with Gasteiger partial charge in [0.05, 0.1) is 0 Å². The smallest absolute Gasteiger partial charge is 0.410 e. The Bertz CT molecular complexity index is 916. The number of likely N-dealkylation sites (tertiary alicyclic amines) is 1. The Labute approximate surface area is 177 Å². The Balaban J connectivity index is 1.54. The van der Waals surface area contributed by atoms with Gasteiger partial charge in [0, 0.05) is 12.5 Å². The van der Waals surface area contributed by atoms with E-state index in [1.807, 2.05) is 45.0 Å². The lowest BCUT2D eigenvalue weighted by atomic mass is 9.71. The highest BCUT2D eigenvalue weighted by molar-refractivity contribution is 5.81. The van der Waals surface area contributed by atoms with Gasteiger partial charge < -0.3 is 9.84 Å². The number of hydrogen-bond acceptors (Lipinski definition) is 3. The molecule has 1 fully saturated rings. The second-order valence-electron chi connectivity index (χ2n) is 9.40. The molecule has 2 aromatic carbocycles. The summed E-state index contributed by atoms with van der Waals surface area (Å²) in [6, 6.07) is 15.5. The fraction of sp³-hybridized carbons (Fsp3) is 0.440. The molecule has 5 heteroatoms. The van der Waals surface area contributed by atoms with Crippen molar-refractivity contribution in [2.75, 3.05) is 13.2 Å². The molecule has 1 amide bonds. The summed E-state index contributed by atoms with van der Waals surface area (Å²) in [5, 5.41) is 9.88. The molecule has 158 valence electrons.